The van der Waals surface area contributed by atoms with Crippen molar-refractivity contribution in [3.8, 4) is 11.1 Å². The average Bonchev–Trinajstić information content (AvgIpc) is 2.80. The van der Waals surface area contributed by atoms with Crippen LogP contribution in [0.15, 0.2) is 41.5 Å². The zero-order chi connectivity index (χ0) is 13.4. The molecule has 1 aromatic heterocycles. The number of benzene rings is 1. The summed E-state index contributed by atoms with van der Waals surface area (Å²) < 4.78 is 0. The molecule has 1 aliphatic rings. The van der Waals surface area contributed by atoms with Gasteiger partial charge in [-0.25, -0.2) is 9.78 Å². The number of fused-ring (bicyclic) bond motifs is 1. The van der Waals surface area contributed by atoms with Crippen molar-refractivity contribution in [3.05, 3.63) is 53.3 Å². The molecule has 1 aliphatic heterocycles. The zero-order valence-electron chi connectivity index (χ0n) is 10.4. The van der Waals surface area contributed by atoms with Gasteiger partial charge in [0.2, 0.25) is 0 Å². The van der Waals surface area contributed by atoms with Crippen LogP contribution in [-0.2, 0) is 6.54 Å². The largest absolute Gasteiger partial charge is 0.477 e. The number of nitrogens with zero attached hydrogens (tertiary/aromatic N) is 2. The Morgan fingerprint density at radius 1 is 1.21 bits per heavy atom. The molecular formula is C15H12N2O2. The van der Waals surface area contributed by atoms with E-state index in [4.69, 9.17) is 5.11 Å². The number of aliphatic imine (C=N–C) groups is 1. The Bertz CT molecular complexity index is 705. The molecule has 2 aromatic rings. The molecule has 1 aromatic carbocycles. The van der Waals surface area contributed by atoms with Crippen LogP contribution in [0.5, 0.6) is 0 Å². The number of carboxylic acid groups (broad SMARTS) is 1. The van der Waals surface area contributed by atoms with Gasteiger partial charge >= 0.3 is 5.97 Å². The van der Waals surface area contributed by atoms with Crippen LogP contribution in [0.4, 0.5) is 0 Å². The van der Waals surface area contributed by atoms with E-state index in [0.717, 1.165) is 28.9 Å². The van der Waals surface area contributed by atoms with Gasteiger partial charge in [0.05, 0.1) is 6.54 Å². The Balaban J connectivity index is 2.08. The van der Waals surface area contributed by atoms with E-state index in [1.54, 1.807) is 6.07 Å². The first-order valence-corrected chi connectivity index (χ1v) is 5.99. The monoisotopic (exact) mass is 252 g/mol. The van der Waals surface area contributed by atoms with E-state index in [2.05, 4.69) is 16.0 Å². The average molecular weight is 252 g/mol. The third kappa shape index (κ3) is 2.01. The van der Waals surface area contributed by atoms with Crippen LogP contribution in [0.3, 0.4) is 0 Å². The van der Waals surface area contributed by atoms with E-state index in [1.165, 1.54) is 11.8 Å². The Hall–Kier alpha value is -2.49. The second kappa shape index (κ2) is 4.31. The molecule has 0 saturated heterocycles. The van der Waals surface area contributed by atoms with Gasteiger partial charge in [-0.1, -0.05) is 12.1 Å². The number of pyridine rings is 1. The van der Waals surface area contributed by atoms with Crippen molar-refractivity contribution in [1.82, 2.24) is 4.98 Å². The van der Waals surface area contributed by atoms with Crippen molar-refractivity contribution < 1.29 is 9.90 Å². The quantitative estimate of drug-likeness (QED) is 0.893. The van der Waals surface area contributed by atoms with E-state index in [1.807, 2.05) is 25.1 Å². The van der Waals surface area contributed by atoms with Gasteiger partial charge in [0.1, 0.15) is 5.69 Å². The fourth-order valence-corrected chi connectivity index (χ4v) is 2.25. The smallest absolute Gasteiger partial charge is 0.354 e. The van der Waals surface area contributed by atoms with Crippen LogP contribution in [0.1, 0.15) is 28.5 Å². The highest BCUT2D eigenvalue weighted by Crippen LogP contribution is 2.26. The van der Waals surface area contributed by atoms with Gasteiger partial charge in [0, 0.05) is 17.5 Å². The van der Waals surface area contributed by atoms with Crippen LogP contribution < -0.4 is 0 Å². The van der Waals surface area contributed by atoms with Crippen LogP contribution in [-0.4, -0.2) is 21.8 Å². The van der Waals surface area contributed by atoms with E-state index in [-0.39, 0.29) is 5.69 Å². The summed E-state index contributed by atoms with van der Waals surface area (Å²) in [4.78, 5) is 19.2. The normalized spacial score (nSPS) is 13.0. The van der Waals surface area contributed by atoms with Crippen molar-refractivity contribution in [2.24, 2.45) is 4.99 Å². The first kappa shape index (κ1) is 11.6. The van der Waals surface area contributed by atoms with Crippen molar-refractivity contribution in [3.63, 3.8) is 0 Å². The van der Waals surface area contributed by atoms with Gasteiger partial charge in [-0.15, -0.1) is 0 Å². The highest BCUT2D eigenvalue weighted by atomic mass is 16.4. The lowest BCUT2D eigenvalue weighted by atomic mass is 9.98. The van der Waals surface area contributed by atoms with Crippen molar-refractivity contribution in [2.75, 3.05) is 0 Å². The maximum Gasteiger partial charge on any atom is 0.354 e. The minimum absolute atomic E-state index is 0.0587. The summed E-state index contributed by atoms with van der Waals surface area (Å²) in [5.41, 5.74) is 5.29. The van der Waals surface area contributed by atoms with Gasteiger partial charge in [0.25, 0.3) is 0 Å². The summed E-state index contributed by atoms with van der Waals surface area (Å²) in [5, 5.41) is 8.97. The lowest BCUT2D eigenvalue weighted by Gasteiger charge is -2.06. The molecule has 94 valence electrons. The molecule has 3 rings (SSSR count). The van der Waals surface area contributed by atoms with Crippen molar-refractivity contribution in [2.45, 2.75) is 13.5 Å². The van der Waals surface area contributed by atoms with Crippen LogP contribution in [0, 0.1) is 0 Å². The third-order valence-corrected chi connectivity index (χ3v) is 3.30. The SMILES string of the molecule is CC1=NCc2ccc(-c3ccnc(C(=O)O)c3)cc21. The molecule has 0 radical (unpaired) electrons. The van der Waals surface area contributed by atoms with E-state index < -0.39 is 5.97 Å². The minimum atomic E-state index is -1.01. The lowest BCUT2D eigenvalue weighted by molar-refractivity contribution is 0.0690. The Morgan fingerprint density at radius 2 is 2.00 bits per heavy atom. The lowest BCUT2D eigenvalue weighted by Crippen LogP contribution is -2.00. The molecule has 4 heteroatoms. The maximum atomic E-state index is 10.9. The van der Waals surface area contributed by atoms with Gasteiger partial charge in [0.15, 0.2) is 0 Å². The van der Waals surface area contributed by atoms with E-state index >= 15 is 0 Å². The summed E-state index contributed by atoms with van der Waals surface area (Å²) in [7, 11) is 0. The molecule has 0 spiro atoms. The summed E-state index contributed by atoms with van der Waals surface area (Å²) in [6.45, 7) is 2.73. The number of rotatable bonds is 2. The predicted octanol–water partition coefficient (Wildman–Crippen LogP) is 2.77. The molecule has 4 nitrogen and oxygen atoms in total. The molecule has 0 aliphatic carbocycles. The Morgan fingerprint density at radius 3 is 2.79 bits per heavy atom. The standard InChI is InChI=1S/C15H12N2O2/c1-9-13-6-10(2-3-12(13)8-17-9)11-4-5-16-14(7-11)15(18)19/h2-7H,8H2,1H3,(H,18,19). The van der Waals surface area contributed by atoms with Gasteiger partial charge in [-0.2, -0.15) is 0 Å². The van der Waals surface area contributed by atoms with Gasteiger partial charge < -0.3 is 5.11 Å². The molecular weight excluding hydrogens is 240 g/mol. The second-order valence-corrected chi connectivity index (χ2v) is 4.51. The predicted molar refractivity (Wildman–Crippen MR) is 72.5 cm³/mol. The molecule has 1 N–H and O–H groups in total. The Kier molecular flexibility index (Phi) is 2.63. The number of carboxylic acids is 1. The van der Waals surface area contributed by atoms with Crippen LogP contribution in [0.25, 0.3) is 11.1 Å². The van der Waals surface area contributed by atoms with Gasteiger partial charge in [-0.05, 0) is 41.8 Å². The van der Waals surface area contributed by atoms with Gasteiger partial charge in [-0.3, -0.25) is 4.99 Å². The second-order valence-electron chi connectivity index (χ2n) is 4.51. The molecule has 0 atom stereocenters. The number of carbonyl (C=O) groups is 1. The molecule has 0 bridgehead atoms. The fourth-order valence-electron chi connectivity index (χ4n) is 2.25. The third-order valence-electron chi connectivity index (χ3n) is 3.30. The summed E-state index contributed by atoms with van der Waals surface area (Å²) >= 11 is 0. The molecule has 0 amide bonds. The first-order valence-electron chi connectivity index (χ1n) is 5.99. The number of hydrogen-bond acceptors (Lipinski definition) is 3. The summed E-state index contributed by atoms with van der Waals surface area (Å²) in [6.07, 6.45) is 1.52. The summed E-state index contributed by atoms with van der Waals surface area (Å²) in [6, 6.07) is 9.50. The highest BCUT2D eigenvalue weighted by Gasteiger charge is 2.13. The van der Waals surface area contributed by atoms with E-state index in [9.17, 15) is 4.79 Å². The van der Waals surface area contributed by atoms with Crippen molar-refractivity contribution >= 4 is 11.7 Å². The first-order chi connectivity index (χ1) is 9.15. The number of aromatic carboxylic acids is 1. The molecule has 0 fully saturated rings. The Labute approximate surface area is 110 Å². The highest BCUT2D eigenvalue weighted by molar-refractivity contribution is 6.03. The van der Waals surface area contributed by atoms with Crippen molar-refractivity contribution in [1.29, 1.82) is 0 Å². The molecule has 0 saturated carbocycles. The molecule has 19 heavy (non-hydrogen) atoms. The van der Waals surface area contributed by atoms with E-state index in [0.29, 0.717) is 0 Å². The summed E-state index contributed by atoms with van der Waals surface area (Å²) in [5.74, 6) is -1.01. The number of hydrogen-bond donors (Lipinski definition) is 1. The fraction of sp³-hybridized carbons (Fsp3) is 0.133. The van der Waals surface area contributed by atoms with Crippen LogP contribution >= 0.6 is 0 Å². The topological polar surface area (TPSA) is 62.5 Å². The van der Waals surface area contributed by atoms with Crippen LogP contribution in [0.2, 0.25) is 0 Å². The molecule has 2 heterocycles. The minimum Gasteiger partial charge on any atom is -0.477 e. The maximum absolute atomic E-state index is 10.9. The zero-order valence-corrected chi connectivity index (χ0v) is 10.4. The number of aromatic nitrogens is 1. The molecule has 0 unspecified atom stereocenters.